The zero-order valence-corrected chi connectivity index (χ0v) is 21.6. The lowest BCUT2D eigenvalue weighted by Crippen LogP contribution is -2.59. The molecule has 0 amide bonds. The van der Waals surface area contributed by atoms with Crippen LogP contribution in [0.2, 0.25) is 0 Å². The maximum absolute atomic E-state index is 12.4. The first-order valence-electron chi connectivity index (χ1n) is 13.2. The number of hydrogen-bond acceptors (Lipinski definition) is 10. The van der Waals surface area contributed by atoms with Crippen LogP contribution in [-0.2, 0) is 28.5 Å². The molecule has 1 fully saturated rings. The first-order valence-corrected chi connectivity index (χ1v) is 13.2. The molecule has 0 radical (unpaired) electrons. The van der Waals surface area contributed by atoms with Crippen LogP contribution < -0.4 is 0 Å². The topological polar surface area (TPSA) is 152 Å². The third kappa shape index (κ3) is 13.1. The predicted octanol–water partition coefficient (Wildman–Crippen LogP) is 2.15. The van der Waals surface area contributed by atoms with Crippen LogP contribution in [0.25, 0.3) is 0 Å². The standard InChI is InChI=1S/C26H46O10/c1-3-5-7-9-10-11-13-15-22(29)35-19(17-33-21(28)14-12-8-6-4-2)18-34-26-25(32)24(31)23(30)20(16-27)36-26/h3,19-20,23-27,30-32H,1,4-18H2,2H3/t19-,20-,23+,24+,25-,26-/m1/s1. The van der Waals surface area contributed by atoms with Crippen molar-refractivity contribution in [2.24, 2.45) is 0 Å². The number of unbranched alkanes of at least 4 members (excludes halogenated alkanes) is 8. The van der Waals surface area contributed by atoms with Crippen LogP contribution in [0.1, 0.15) is 84.0 Å². The largest absolute Gasteiger partial charge is 0.462 e. The Morgan fingerprint density at radius 1 is 0.889 bits per heavy atom. The van der Waals surface area contributed by atoms with Crippen molar-refractivity contribution < 1.29 is 49.0 Å². The first kappa shape index (κ1) is 32.5. The molecule has 36 heavy (non-hydrogen) atoms. The van der Waals surface area contributed by atoms with E-state index in [1.807, 2.05) is 6.08 Å². The molecular weight excluding hydrogens is 472 g/mol. The summed E-state index contributed by atoms with van der Waals surface area (Å²) in [6.45, 7) is 4.68. The quantitative estimate of drug-likeness (QED) is 0.107. The smallest absolute Gasteiger partial charge is 0.306 e. The summed E-state index contributed by atoms with van der Waals surface area (Å²) in [5.41, 5.74) is 0. The van der Waals surface area contributed by atoms with Crippen LogP contribution in [0.3, 0.4) is 0 Å². The van der Waals surface area contributed by atoms with E-state index >= 15 is 0 Å². The molecule has 10 heteroatoms. The number of carbonyl (C=O) groups is 2. The molecule has 0 spiro atoms. The minimum absolute atomic E-state index is 0.211. The van der Waals surface area contributed by atoms with E-state index in [2.05, 4.69) is 13.5 Å². The van der Waals surface area contributed by atoms with E-state index in [9.17, 15) is 30.0 Å². The number of aliphatic hydroxyl groups is 4. The van der Waals surface area contributed by atoms with Gasteiger partial charge in [0.1, 0.15) is 31.0 Å². The van der Waals surface area contributed by atoms with Crippen molar-refractivity contribution in [3.63, 3.8) is 0 Å². The lowest BCUT2D eigenvalue weighted by atomic mass is 9.99. The van der Waals surface area contributed by atoms with Gasteiger partial charge in [-0.1, -0.05) is 51.5 Å². The lowest BCUT2D eigenvalue weighted by Gasteiger charge is -2.39. The molecule has 10 nitrogen and oxygen atoms in total. The SMILES string of the molecule is C=CCCCCCCCC(=O)O[C@H](COC(=O)CCCCCC)CO[C@@H]1O[C@H](CO)[C@H](O)[C@H](O)[C@H]1O. The molecule has 0 aromatic rings. The Bertz CT molecular complexity index is 612. The van der Waals surface area contributed by atoms with Crippen LogP contribution in [-0.4, -0.2) is 89.0 Å². The molecule has 6 atom stereocenters. The van der Waals surface area contributed by atoms with Gasteiger partial charge < -0.3 is 39.4 Å². The minimum atomic E-state index is -1.59. The molecule has 0 aliphatic carbocycles. The number of hydrogen-bond donors (Lipinski definition) is 4. The maximum Gasteiger partial charge on any atom is 0.306 e. The second-order valence-electron chi connectivity index (χ2n) is 9.23. The summed E-state index contributed by atoms with van der Waals surface area (Å²) >= 11 is 0. The van der Waals surface area contributed by atoms with Gasteiger partial charge in [-0.2, -0.15) is 0 Å². The van der Waals surface area contributed by atoms with E-state index in [4.69, 9.17) is 18.9 Å². The number of allylic oxidation sites excluding steroid dienone is 1. The van der Waals surface area contributed by atoms with E-state index < -0.39 is 55.4 Å². The fourth-order valence-corrected chi connectivity index (χ4v) is 3.81. The van der Waals surface area contributed by atoms with E-state index in [1.165, 1.54) is 0 Å². The van der Waals surface area contributed by atoms with Crippen molar-refractivity contribution in [2.45, 2.75) is 121 Å². The van der Waals surface area contributed by atoms with Gasteiger partial charge >= 0.3 is 11.9 Å². The fraction of sp³-hybridized carbons (Fsp3) is 0.846. The van der Waals surface area contributed by atoms with Gasteiger partial charge in [0.05, 0.1) is 13.2 Å². The molecule has 1 aliphatic heterocycles. The van der Waals surface area contributed by atoms with E-state index in [1.54, 1.807) is 0 Å². The first-order chi connectivity index (χ1) is 17.3. The number of esters is 2. The highest BCUT2D eigenvalue weighted by Crippen LogP contribution is 2.22. The van der Waals surface area contributed by atoms with Crippen molar-refractivity contribution in [2.75, 3.05) is 19.8 Å². The normalized spacial score (nSPS) is 24.8. The molecule has 210 valence electrons. The second kappa shape index (κ2) is 19.5. The summed E-state index contributed by atoms with van der Waals surface area (Å²) in [5, 5.41) is 39.3. The zero-order chi connectivity index (χ0) is 26.8. The zero-order valence-electron chi connectivity index (χ0n) is 21.6. The average molecular weight is 519 g/mol. The number of aliphatic hydroxyl groups excluding tert-OH is 4. The molecule has 0 saturated carbocycles. The van der Waals surface area contributed by atoms with Crippen LogP contribution >= 0.6 is 0 Å². The van der Waals surface area contributed by atoms with Gasteiger partial charge in [0.2, 0.25) is 0 Å². The highest BCUT2D eigenvalue weighted by Gasteiger charge is 2.44. The van der Waals surface area contributed by atoms with Crippen LogP contribution in [0, 0.1) is 0 Å². The molecule has 0 aromatic heterocycles. The predicted molar refractivity (Wildman–Crippen MR) is 132 cm³/mol. The molecule has 1 saturated heterocycles. The highest BCUT2D eigenvalue weighted by atomic mass is 16.7. The van der Waals surface area contributed by atoms with E-state index in [0.717, 1.165) is 51.4 Å². The molecule has 0 bridgehead atoms. The van der Waals surface area contributed by atoms with Crippen LogP contribution in [0.15, 0.2) is 12.7 Å². The number of rotatable bonds is 20. The van der Waals surface area contributed by atoms with Crippen LogP contribution in [0.5, 0.6) is 0 Å². The number of carbonyl (C=O) groups excluding carboxylic acids is 2. The van der Waals surface area contributed by atoms with E-state index in [0.29, 0.717) is 12.8 Å². The summed E-state index contributed by atoms with van der Waals surface area (Å²) < 4.78 is 21.6. The summed E-state index contributed by atoms with van der Waals surface area (Å²) in [6.07, 6.45) is 3.69. The Morgan fingerprint density at radius 2 is 1.53 bits per heavy atom. The Balaban J connectivity index is 2.56. The van der Waals surface area contributed by atoms with Gasteiger partial charge in [0.15, 0.2) is 12.4 Å². The molecule has 0 unspecified atom stereocenters. The fourth-order valence-electron chi connectivity index (χ4n) is 3.81. The summed E-state index contributed by atoms with van der Waals surface area (Å²) in [6, 6.07) is 0. The molecule has 1 heterocycles. The van der Waals surface area contributed by atoms with Gasteiger partial charge in [-0.25, -0.2) is 0 Å². The van der Waals surface area contributed by atoms with Crippen molar-refractivity contribution in [1.29, 1.82) is 0 Å². The third-order valence-electron chi connectivity index (χ3n) is 6.05. The summed E-state index contributed by atoms with van der Waals surface area (Å²) in [4.78, 5) is 24.4. The Kier molecular flexibility index (Phi) is 17.6. The average Bonchev–Trinajstić information content (AvgIpc) is 2.87. The number of ether oxygens (including phenoxy) is 4. The lowest BCUT2D eigenvalue weighted by molar-refractivity contribution is -0.305. The van der Waals surface area contributed by atoms with Crippen molar-refractivity contribution in [3.8, 4) is 0 Å². The highest BCUT2D eigenvalue weighted by molar-refractivity contribution is 5.70. The van der Waals surface area contributed by atoms with Gasteiger partial charge in [0.25, 0.3) is 0 Å². The maximum atomic E-state index is 12.4. The van der Waals surface area contributed by atoms with Crippen LogP contribution in [0.4, 0.5) is 0 Å². The Labute approximate surface area is 214 Å². The minimum Gasteiger partial charge on any atom is -0.462 e. The van der Waals surface area contributed by atoms with E-state index in [-0.39, 0.29) is 26.1 Å². The van der Waals surface area contributed by atoms with Gasteiger partial charge in [0, 0.05) is 12.8 Å². The van der Waals surface area contributed by atoms with Crippen molar-refractivity contribution in [1.82, 2.24) is 0 Å². The van der Waals surface area contributed by atoms with Crippen molar-refractivity contribution >= 4 is 11.9 Å². The molecule has 1 aliphatic rings. The molecule has 0 aromatic carbocycles. The Hall–Kier alpha value is -1.56. The van der Waals surface area contributed by atoms with Gasteiger partial charge in [-0.3, -0.25) is 9.59 Å². The van der Waals surface area contributed by atoms with Gasteiger partial charge in [-0.15, -0.1) is 6.58 Å². The molecule has 1 rings (SSSR count). The Morgan fingerprint density at radius 3 is 2.19 bits per heavy atom. The summed E-state index contributed by atoms with van der Waals surface area (Å²) in [7, 11) is 0. The molecule has 4 N–H and O–H groups in total. The van der Waals surface area contributed by atoms with Crippen molar-refractivity contribution in [3.05, 3.63) is 12.7 Å². The second-order valence-corrected chi connectivity index (χ2v) is 9.23. The molecular formula is C26H46O10. The monoisotopic (exact) mass is 518 g/mol. The van der Waals surface area contributed by atoms with Gasteiger partial charge in [-0.05, 0) is 25.7 Å². The third-order valence-corrected chi connectivity index (χ3v) is 6.05. The summed E-state index contributed by atoms with van der Waals surface area (Å²) in [5.74, 6) is -0.859.